The molecule has 1 aromatic carbocycles. The number of nitrogens with one attached hydrogen (secondary N) is 3. The van der Waals surface area contributed by atoms with Crippen LogP contribution in [-0.4, -0.2) is 34.0 Å². The molecule has 6 nitrogen and oxygen atoms in total. The van der Waals surface area contributed by atoms with E-state index in [0.717, 1.165) is 38.8 Å². The number of rotatable bonds is 8. The highest BCUT2D eigenvalue weighted by Crippen LogP contribution is 2.28. The summed E-state index contributed by atoms with van der Waals surface area (Å²) in [7, 11) is -3.45. The predicted octanol–water partition coefficient (Wildman–Crippen LogP) is 2.12. The van der Waals surface area contributed by atoms with Crippen molar-refractivity contribution in [1.29, 1.82) is 0 Å². The Balaban J connectivity index is 0.00000225. The van der Waals surface area contributed by atoms with Crippen molar-refractivity contribution >= 4 is 34.0 Å². The molecule has 1 aliphatic heterocycles. The van der Waals surface area contributed by atoms with Crippen LogP contribution in [0.1, 0.15) is 32.1 Å². The SMILES string of the molecule is Cl.O=C(CCC1CCNC1)Nc1ccc(S(=O)(=O)NCC2CC2)cc1. The molecule has 1 atom stereocenters. The lowest BCUT2D eigenvalue weighted by Crippen LogP contribution is -2.25. The summed E-state index contributed by atoms with van der Waals surface area (Å²) in [6.07, 6.45) is 4.72. The molecule has 2 aliphatic rings. The number of anilines is 1. The van der Waals surface area contributed by atoms with Gasteiger partial charge in [-0.2, -0.15) is 0 Å². The molecule has 1 aliphatic carbocycles. The fourth-order valence-corrected chi connectivity index (χ4v) is 3.99. The largest absolute Gasteiger partial charge is 0.326 e. The van der Waals surface area contributed by atoms with Gasteiger partial charge in [0.15, 0.2) is 0 Å². The van der Waals surface area contributed by atoms with Gasteiger partial charge in [-0.15, -0.1) is 12.4 Å². The van der Waals surface area contributed by atoms with Gasteiger partial charge in [0.1, 0.15) is 0 Å². The number of benzene rings is 1. The van der Waals surface area contributed by atoms with Crippen molar-refractivity contribution in [3.05, 3.63) is 24.3 Å². The molecule has 1 amide bonds. The van der Waals surface area contributed by atoms with Crippen molar-refractivity contribution < 1.29 is 13.2 Å². The minimum Gasteiger partial charge on any atom is -0.326 e. The van der Waals surface area contributed by atoms with Gasteiger partial charge < -0.3 is 10.6 Å². The van der Waals surface area contributed by atoms with E-state index in [1.54, 1.807) is 12.1 Å². The molecule has 8 heteroatoms. The van der Waals surface area contributed by atoms with Crippen molar-refractivity contribution in [2.75, 3.05) is 25.0 Å². The molecule has 0 spiro atoms. The Bertz CT molecular complexity index is 669. The highest BCUT2D eigenvalue weighted by Gasteiger charge is 2.24. The summed E-state index contributed by atoms with van der Waals surface area (Å²) in [6.45, 7) is 2.54. The third-order valence-electron chi connectivity index (χ3n) is 4.65. The standard InChI is InChI=1S/C17H25N3O3S.ClH/c21-17(8-3-14-9-10-18-11-14)20-15-4-6-16(7-5-15)24(22,23)19-12-13-1-2-13;/h4-7,13-14,18-19H,1-3,8-12H2,(H,20,21);1H. The number of hydrogen-bond donors (Lipinski definition) is 3. The highest BCUT2D eigenvalue weighted by molar-refractivity contribution is 7.89. The summed E-state index contributed by atoms with van der Waals surface area (Å²) < 4.78 is 26.9. The van der Waals surface area contributed by atoms with Crippen LogP contribution in [0.4, 0.5) is 5.69 Å². The van der Waals surface area contributed by atoms with Crippen LogP contribution in [0.15, 0.2) is 29.2 Å². The minimum absolute atomic E-state index is 0. The van der Waals surface area contributed by atoms with Crippen LogP contribution in [-0.2, 0) is 14.8 Å². The van der Waals surface area contributed by atoms with Gasteiger partial charge in [0, 0.05) is 18.7 Å². The second-order valence-electron chi connectivity index (χ2n) is 6.77. The molecule has 1 unspecified atom stereocenters. The number of carbonyl (C=O) groups is 1. The summed E-state index contributed by atoms with van der Waals surface area (Å²) in [5.74, 6) is 1.05. The Kier molecular flexibility index (Phi) is 7.25. The van der Waals surface area contributed by atoms with Crippen LogP contribution in [0.2, 0.25) is 0 Å². The first-order valence-electron chi connectivity index (χ1n) is 8.63. The molecule has 0 bridgehead atoms. The van der Waals surface area contributed by atoms with Gasteiger partial charge in [0.05, 0.1) is 4.90 Å². The number of carbonyl (C=O) groups excluding carboxylic acids is 1. The lowest BCUT2D eigenvalue weighted by Gasteiger charge is -2.10. The third kappa shape index (κ3) is 6.26. The van der Waals surface area contributed by atoms with Gasteiger partial charge in [-0.25, -0.2) is 13.1 Å². The molecule has 0 aromatic heterocycles. The zero-order valence-electron chi connectivity index (χ0n) is 14.2. The van der Waals surface area contributed by atoms with E-state index >= 15 is 0 Å². The molecule has 3 rings (SSSR count). The molecule has 3 N–H and O–H groups in total. The fraction of sp³-hybridized carbons (Fsp3) is 0.588. The van der Waals surface area contributed by atoms with Gasteiger partial charge in [-0.3, -0.25) is 4.79 Å². The maximum Gasteiger partial charge on any atom is 0.240 e. The molecule has 25 heavy (non-hydrogen) atoms. The maximum absolute atomic E-state index is 12.1. The summed E-state index contributed by atoms with van der Waals surface area (Å²) in [4.78, 5) is 12.2. The van der Waals surface area contributed by atoms with Crippen LogP contribution in [0.5, 0.6) is 0 Å². The quantitative estimate of drug-likeness (QED) is 0.637. The molecule has 0 radical (unpaired) electrons. The zero-order chi connectivity index (χ0) is 17.0. The van der Waals surface area contributed by atoms with Crippen molar-refractivity contribution in [2.45, 2.75) is 37.0 Å². The third-order valence-corrected chi connectivity index (χ3v) is 6.09. The molecular formula is C17H26ClN3O3S. The van der Waals surface area contributed by atoms with Crippen molar-refractivity contribution in [3.63, 3.8) is 0 Å². The van der Waals surface area contributed by atoms with Crippen molar-refractivity contribution in [3.8, 4) is 0 Å². The average Bonchev–Trinajstić information content (AvgIpc) is 3.25. The van der Waals surface area contributed by atoms with Crippen LogP contribution in [0, 0.1) is 11.8 Å². The molecule has 140 valence electrons. The van der Waals surface area contributed by atoms with E-state index in [-0.39, 0.29) is 23.2 Å². The predicted molar refractivity (Wildman–Crippen MR) is 100 cm³/mol. The Hall–Kier alpha value is -1.15. The molecule has 1 heterocycles. The van der Waals surface area contributed by atoms with Gasteiger partial charge in [0.2, 0.25) is 15.9 Å². The van der Waals surface area contributed by atoms with Crippen LogP contribution < -0.4 is 15.4 Å². The van der Waals surface area contributed by atoms with Crippen LogP contribution in [0.25, 0.3) is 0 Å². The first kappa shape index (κ1) is 20.2. The lowest BCUT2D eigenvalue weighted by atomic mass is 10.0. The first-order chi connectivity index (χ1) is 11.5. The van der Waals surface area contributed by atoms with E-state index in [9.17, 15) is 13.2 Å². The maximum atomic E-state index is 12.1. The Labute approximate surface area is 155 Å². The topological polar surface area (TPSA) is 87.3 Å². The number of halogens is 1. The first-order valence-corrected chi connectivity index (χ1v) is 10.1. The second kappa shape index (κ2) is 8.98. The fourth-order valence-electron chi connectivity index (χ4n) is 2.87. The lowest BCUT2D eigenvalue weighted by molar-refractivity contribution is -0.116. The number of hydrogen-bond acceptors (Lipinski definition) is 4. The van der Waals surface area contributed by atoms with Crippen LogP contribution in [0.3, 0.4) is 0 Å². The van der Waals surface area contributed by atoms with E-state index in [1.165, 1.54) is 12.1 Å². The summed E-state index contributed by atoms with van der Waals surface area (Å²) >= 11 is 0. The average molecular weight is 388 g/mol. The van der Waals surface area contributed by atoms with E-state index in [1.807, 2.05) is 0 Å². The molecule has 1 aromatic rings. The number of sulfonamides is 1. The van der Waals surface area contributed by atoms with E-state index in [4.69, 9.17) is 0 Å². The van der Waals surface area contributed by atoms with Gasteiger partial charge in [-0.1, -0.05) is 0 Å². The monoisotopic (exact) mass is 387 g/mol. The van der Waals surface area contributed by atoms with Gasteiger partial charge >= 0.3 is 0 Å². The Morgan fingerprint density at radius 3 is 2.44 bits per heavy atom. The smallest absolute Gasteiger partial charge is 0.240 e. The normalized spacial score (nSPS) is 20.1. The molecule has 2 fully saturated rings. The molecular weight excluding hydrogens is 362 g/mol. The van der Waals surface area contributed by atoms with E-state index < -0.39 is 10.0 Å². The minimum atomic E-state index is -3.45. The summed E-state index contributed by atoms with van der Waals surface area (Å²) in [5.41, 5.74) is 0.630. The van der Waals surface area contributed by atoms with Gasteiger partial charge in [0.25, 0.3) is 0 Å². The molecule has 1 saturated heterocycles. The second-order valence-corrected chi connectivity index (χ2v) is 8.53. The van der Waals surface area contributed by atoms with Crippen molar-refractivity contribution in [1.82, 2.24) is 10.0 Å². The summed E-state index contributed by atoms with van der Waals surface area (Å²) in [6, 6.07) is 6.35. The molecule has 1 saturated carbocycles. The zero-order valence-corrected chi connectivity index (χ0v) is 15.8. The highest BCUT2D eigenvalue weighted by atomic mass is 35.5. The van der Waals surface area contributed by atoms with Gasteiger partial charge in [-0.05, 0) is 74.9 Å². The van der Waals surface area contributed by atoms with Crippen LogP contribution >= 0.6 is 12.4 Å². The number of amides is 1. The Morgan fingerprint density at radius 2 is 1.84 bits per heavy atom. The van der Waals surface area contributed by atoms with E-state index in [0.29, 0.717) is 30.5 Å². The summed E-state index contributed by atoms with van der Waals surface area (Å²) in [5, 5.41) is 6.12. The van der Waals surface area contributed by atoms with Crippen molar-refractivity contribution in [2.24, 2.45) is 11.8 Å². The Morgan fingerprint density at radius 1 is 1.12 bits per heavy atom. The van der Waals surface area contributed by atoms with E-state index in [2.05, 4.69) is 15.4 Å².